The first kappa shape index (κ1) is 16.7. The first-order chi connectivity index (χ1) is 12.2. The van der Waals surface area contributed by atoms with Crippen molar-refractivity contribution in [1.82, 2.24) is 9.88 Å². The zero-order chi connectivity index (χ0) is 17.2. The van der Waals surface area contributed by atoms with Crippen molar-refractivity contribution < 1.29 is 9.18 Å². The van der Waals surface area contributed by atoms with Crippen molar-refractivity contribution in [2.24, 2.45) is 0 Å². The van der Waals surface area contributed by atoms with Crippen molar-refractivity contribution >= 4 is 17.2 Å². The highest BCUT2D eigenvalue weighted by Gasteiger charge is 2.35. The molecule has 132 valence electrons. The van der Waals surface area contributed by atoms with Crippen LogP contribution in [0.2, 0.25) is 0 Å². The Hall–Kier alpha value is -1.75. The van der Waals surface area contributed by atoms with E-state index < -0.39 is 0 Å². The summed E-state index contributed by atoms with van der Waals surface area (Å²) in [7, 11) is 0. The SMILES string of the molecule is O=C(c1cnc(-c2ccccc2F)s1)N(C1CCCC1)C1CCCC1. The van der Waals surface area contributed by atoms with Crippen LogP contribution in [0.25, 0.3) is 10.6 Å². The predicted molar refractivity (Wildman–Crippen MR) is 98.2 cm³/mol. The number of thiazole rings is 1. The molecule has 3 nitrogen and oxygen atoms in total. The van der Waals surface area contributed by atoms with Gasteiger partial charge < -0.3 is 4.90 Å². The number of carbonyl (C=O) groups excluding carboxylic acids is 1. The van der Waals surface area contributed by atoms with Crippen molar-refractivity contribution in [3.8, 4) is 10.6 Å². The fraction of sp³-hybridized carbons (Fsp3) is 0.500. The molecule has 1 aromatic heterocycles. The third kappa shape index (κ3) is 3.34. The number of amides is 1. The maximum atomic E-state index is 14.0. The van der Waals surface area contributed by atoms with E-state index in [1.807, 2.05) is 0 Å². The van der Waals surface area contributed by atoms with Gasteiger partial charge in [0.2, 0.25) is 0 Å². The maximum Gasteiger partial charge on any atom is 0.266 e. The third-order valence-corrected chi connectivity index (χ3v) is 6.51. The van der Waals surface area contributed by atoms with Gasteiger partial charge >= 0.3 is 0 Å². The summed E-state index contributed by atoms with van der Waals surface area (Å²) in [5.74, 6) is -0.196. The van der Waals surface area contributed by atoms with E-state index in [1.54, 1.807) is 24.4 Å². The Kier molecular flexibility index (Phi) is 4.84. The minimum atomic E-state index is -0.292. The minimum Gasteiger partial charge on any atom is -0.332 e. The lowest BCUT2D eigenvalue weighted by atomic mass is 10.1. The highest BCUT2D eigenvalue weighted by Crippen LogP contribution is 2.35. The molecule has 1 amide bonds. The van der Waals surface area contributed by atoms with Gasteiger partial charge in [0.05, 0.1) is 6.20 Å². The number of nitrogens with zero attached hydrogens (tertiary/aromatic N) is 2. The maximum absolute atomic E-state index is 14.0. The summed E-state index contributed by atoms with van der Waals surface area (Å²) >= 11 is 1.31. The standard InChI is InChI=1S/C20H23FN2OS/c21-17-12-6-5-11-16(17)19-22-13-18(25-19)20(24)23(14-7-1-2-8-14)15-9-3-4-10-15/h5-6,11-15H,1-4,7-10H2. The molecule has 0 atom stereocenters. The van der Waals surface area contributed by atoms with Gasteiger partial charge in [0, 0.05) is 17.6 Å². The Morgan fingerprint density at radius 2 is 1.64 bits per heavy atom. The number of hydrogen-bond donors (Lipinski definition) is 0. The smallest absolute Gasteiger partial charge is 0.266 e. The summed E-state index contributed by atoms with van der Waals surface area (Å²) in [4.78, 5) is 20.4. The van der Waals surface area contributed by atoms with Crippen LogP contribution in [0.1, 0.15) is 61.0 Å². The van der Waals surface area contributed by atoms with Gasteiger partial charge in [-0.25, -0.2) is 9.37 Å². The average molecular weight is 358 g/mol. The molecule has 2 aromatic rings. The van der Waals surface area contributed by atoms with Crippen molar-refractivity contribution in [3.05, 3.63) is 41.2 Å². The average Bonchev–Trinajstić information content (AvgIpc) is 3.38. The van der Waals surface area contributed by atoms with Gasteiger partial charge in [-0.1, -0.05) is 37.8 Å². The molecule has 2 fully saturated rings. The summed E-state index contributed by atoms with van der Waals surface area (Å²) < 4.78 is 14.0. The van der Waals surface area contributed by atoms with Gasteiger partial charge in [0.15, 0.2) is 0 Å². The zero-order valence-electron chi connectivity index (χ0n) is 14.3. The largest absolute Gasteiger partial charge is 0.332 e. The molecular weight excluding hydrogens is 335 g/mol. The van der Waals surface area contributed by atoms with E-state index in [0.29, 0.717) is 27.5 Å². The monoisotopic (exact) mass is 358 g/mol. The first-order valence-corrected chi connectivity index (χ1v) is 10.1. The Balaban J connectivity index is 1.61. The molecule has 1 heterocycles. The van der Waals surface area contributed by atoms with Gasteiger partial charge in [0.25, 0.3) is 5.91 Å². The third-order valence-electron chi connectivity index (χ3n) is 5.49. The van der Waals surface area contributed by atoms with Crippen molar-refractivity contribution in [2.45, 2.75) is 63.5 Å². The van der Waals surface area contributed by atoms with E-state index in [1.165, 1.54) is 43.1 Å². The second-order valence-electron chi connectivity index (χ2n) is 7.10. The predicted octanol–water partition coefficient (Wildman–Crippen LogP) is 5.28. The fourth-order valence-electron chi connectivity index (χ4n) is 4.25. The van der Waals surface area contributed by atoms with E-state index in [9.17, 15) is 9.18 Å². The molecule has 0 spiro atoms. The van der Waals surface area contributed by atoms with Crippen LogP contribution in [0.15, 0.2) is 30.5 Å². The van der Waals surface area contributed by atoms with Crippen LogP contribution in [0.5, 0.6) is 0 Å². The number of rotatable bonds is 4. The summed E-state index contributed by atoms with van der Waals surface area (Å²) in [6.07, 6.45) is 10.9. The molecule has 0 radical (unpaired) electrons. The van der Waals surface area contributed by atoms with Gasteiger partial charge in [-0.15, -0.1) is 11.3 Å². The van der Waals surface area contributed by atoms with Crippen LogP contribution in [0.4, 0.5) is 4.39 Å². The van der Waals surface area contributed by atoms with E-state index in [-0.39, 0.29) is 11.7 Å². The van der Waals surface area contributed by atoms with Gasteiger partial charge in [-0.05, 0) is 37.8 Å². The second kappa shape index (κ2) is 7.24. The molecule has 0 saturated heterocycles. The highest BCUT2D eigenvalue weighted by molar-refractivity contribution is 7.16. The molecule has 25 heavy (non-hydrogen) atoms. The number of halogens is 1. The van der Waals surface area contributed by atoms with Crippen molar-refractivity contribution in [2.75, 3.05) is 0 Å². The molecule has 0 bridgehead atoms. The Morgan fingerprint density at radius 1 is 1.04 bits per heavy atom. The Bertz CT molecular complexity index is 732. The van der Waals surface area contributed by atoms with Gasteiger partial charge in [-0.3, -0.25) is 4.79 Å². The van der Waals surface area contributed by atoms with Crippen LogP contribution in [0, 0.1) is 5.82 Å². The summed E-state index contributed by atoms with van der Waals surface area (Å²) in [6, 6.07) is 7.35. The highest BCUT2D eigenvalue weighted by atomic mass is 32.1. The Morgan fingerprint density at radius 3 is 2.24 bits per heavy atom. The summed E-state index contributed by atoms with van der Waals surface area (Å²) in [6.45, 7) is 0. The molecular formula is C20H23FN2OS. The minimum absolute atomic E-state index is 0.0962. The second-order valence-corrected chi connectivity index (χ2v) is 8.13. The number of hydrogen-bond acceptors (Lipinski definition) is 3. The van der Waals surface area contributed by atoms with Gasteiger partial charge in [-0.2, -0.15) is 0 Å². The summed E-state index contributed by atoms with van der Waals surface area (Å²) in [5, 5.41) is 0.583. The van der Waals surface area contributed by atoms with Crippen LogP contribution in [0.3, 0.4) is 0 Å². The van der Waals surface area contributed by atoms with Crippen LogP contribution >= 0.6 is 11.3 Å². The molecule has 0 aliphatic heterocycles. The summed E-state index contributed by atoms with van der Waals surface area (Å²) in [5.41, 5.74) is 0.472. The molecule has 2 aliphatic rings. The number of aromatic nitrogens is 1. The Labute approximate surface area is 151 Å². The number of carbonyl (C=O) groups is 1. The fourth-order valence-corrected chi connectivity index (χ4v) is 5.14. The molecule has 4 rings (SSSR count). The van der Waals surface area contributed by atoms with Gasteiger partial charge in [0.1, 0.15) is 15.7 Å². The molecule has 5 heteroatoms. The zero-order valence-corrected chi connectivity index (χ0v) is 15.1. The lowest BCUT2D eigenvalue weighted by Crippen LogP contribution is -2.44. The molecule has 0 unspecified atom stereocenters. The first-order valence-electron chi connectivity index (χ1n) is 9.27. The lowest BCUT2D eigenvalue weighted by molar-refractivity contribution is 0.0585. The van der Waals surface area contributed by atoms with Crippen LogP contribution < -0.4 is 0 Å². The topological polar surface area (TPSA) is 33.2 Å². The van der Waals surface area contributed by atoms with Crippen molar-refractivity contribution in [1.29, 1.82) is 0 Å². The van der Waals surface area contributed by atoms with E-state index >= 15 is 0 Å². The lowest BCUT2D eigenvalue weighted by Gasteiger charge is -2.34. The molecule has 2 aliphatic carbocycles. The molecule has 2 saturated carbocycles. The molecule has 0 N–H and O–H groups in total. The van der Waals surface area contributed by atoms with Crippen LogP contribution in [-0.2, 0) is 0 Å². The van der Waals surface area contributed by atoms with E-state index in [0.717, 1.165) is 25.7 Å². The number of benzene rings is 1. The van der Waals surface area contributed by atoms with Crippen LogP contribution in [-0.4, -0.2) is 27.9 Å². The quantitative estimate of drug-likeness (QED) is 0.745. The van der Waals surface area contributed by atoms with Crippen molar-refractivity contribution in [3.63, 3.8) is 0 Å². The normalized spacial score (nSPS) is 18.8. The van der Waals surface area contributed by atoms with E-state index in [2.05, 4.69) is 9.88 Å². The molecule has 1 aromatic carbocycles. The van der Waals surface area contributed by atoms with E-state index in [4.69, 9.17) is 0 Å².